The van der Waals surface area contributed by atoms with Crippen LogP contribution in [0, 0.1) is 10.1 Å². The number of hydrogen-bond acceptors (Lipinski definition) is 7. The molecule has 0 saturated heterocycles. The van der Waals surface area contributed by atoms with E-state index in [1.165, 1.54) is 22.8 Å². The van der Waals surface area contributed by atoms with Crippen molar-refractivity contribution >= 4 is 49.9 Å². The maximum absolute atomic E-state index is 12.5. The van der Waals surface area contributed by atoms with E-state index in [2.05, 4.69) is 4.99 Å². The molecule has 0 aliphatic carbocycles. The van der Waals surface area contributed by atoms with Gasteiger partial charge in [0.05, 0.1) is 21.7 Å². The number of benzene rings is 3. The maximum Gasteiger partial charge on any atom is 0.326 e. The van der Waals surface area contributed by atoms with Crippen molar-refractivity contribution in [2.75, 3.05) is 13.2 Å². The zero-order chi connectivity index (χ0) is 23.4. The molecule has 4 rings (SSSR count). The molecule has 0 fully saturated rings. The minimum absolute atomic E-state index is 0.0930. The van der Waals surface area contributed by atoms with Gasteiger partial charge in [-0.1, -0.05) is 41.7 Å². The van der Waals surface area contributed by atoms with Crippen LogP contribution in [0.25, 0.3) is 21.0 Å². The lowest BCUT2D eigenvalue weighted by Gasteiger charge is -2.06. The predicted molar refractivity (Wildman–Crippen MR) is 123 cm³/mol. The third-order valence-corrected chi connectivity index (χ3v) is 5.81. The van der Waals surface area contributed by atoms with Crippen LogP contribution in [0.2, 0.25) is 0 Å². The molecule has 3 aromatic carbocycles. The van der Waals surface area contributed by atoms with Gasteiger partial charge in [-0.15, -0.1) is 0 Å². The van der Waals surface area contributed by atoms with E-state index in [1.807, 2.05) is 36.4 Å². The van der Waals surface area contributed by atoms with Crippen molar-refractivity contribution in [1.29, 1.82) is 0 Å². The topological polar surface area (TPSA) is 113 Å². The normalized spacial score (nSPS) is 11.6. The lowest BCUT2D eigenvalue weighted by atomic mass is 10.1. The highest BCUT2D eigenvalue weighted by atomic mass is 32.1. The Balaban J connectivity index is 1.62. The molecule has 0 aliphatic rings. The Bertz CT molecular complexity index is 1440. The fourth-order valence-corrected chi connectivity index (χ4v) is 4.37. The summed E-state index contributed by atoms with van der Waals surface area (Å²) in [4.78, 5) is 39.6. The number of nitro groups is 1. The van der Waals surface area contributed by atoms with E-state index >= 15 is 0 Å². The van der Waals surface area contributed by atoms with E-state index < -0.39 is 16.8 Å². The molecular formula is C23H19N3O6S. The van der Waals surface area contributed by atoms with Crippen molar-refractivity contribution in [2.24, 2.45) is 4.99 Å². The quantitative estimate of drug-likeness (QED) is 0.233. The lowest BCUT2D eigenvalue weighted by Crippen LogP contribution is -2.24. The van der Waals surface area contributed by atoms with E-state index in [9.17, 15) is 19.7 Å². The molecule has 1 amide bonds. The molecule has 10 heteroatoms. The number of carbonyl (C=O) groups is 2. The number of thiazole rings is 1. The molecule has 0 bridgehead atoms. The molecule has 0 spiro atoms. The summed E-state index contributed by atoms with van der Waals surface area (Å²) in [5.74, 6) is -0.526. The molecule has 9 nitrogen and oxygen atoms in total. The number of non-ortho nitro benzene ring substituents is 1. The van der Waals surface area contributed by atoms with Crippen molar-refractivity contribution < 1.29 is 24.0 Å². The number of carbonyl (C=O) groups excluding carboxylic acids is 2. The number of nitrogens with zero attached hydrogens (tertiary/aromatic N) is 3. The van der Waals surface area contributed by atoms with Gasteiger partial charge >= 0.3 is 5.97 Å². The second-order valence-electron chi connectivity index (χ2n) is 6.99. The first-order chi connectivity index (χ1) is 15.9. The number of fused-ring (bicyclic) bond motifs is 2. The van der Waals surface area contributed by atoms with Gasteiger partial charge in [0.1, 0.15) is 12.3 Å². The monoisotopic (exact) mass is 465 g/mol. The van der Waals surface area contributed by atoms with Crippen LogP contribution in [-0.4, -0.2) is 34.6 Å². The van der Waals surface area contributed by atoms with Crippen LogP contribution in [0.1, 0.15) is 6.92 Å². The summed E-state index contributed by atoms with van der Waals surface area (Å²) >= 11 is 1.08. The number of amides is 1. The van der Waals surface area contributed by atoms with Gasteiger partial charge in [0, 0.05) is 12.1 Å². The van der Waals surface area contributed by atoms with Gasteiger partial charge in [0.15, 0.2) is 11.4 Å². The number of nitro benzene ring substituents is 1. The summed E-state index contributed by atoms with van der Waals surface area (Å²) in [6.45, 7) is 1.42. The molecule has 0 aliphatic heterocycles. The Hall–Kier alpha value is -4.05. The van der Waals surface area contributed by atoms with Gasteiger partial charge in [0.25, 0.3) is 11.6 Å². The molecule has 0 saturated carbocycles. The number of hydrogen-bond donors (Lipinski definition) is 0. The van der Waals surface area contributed by atoms with E-state index in [1.54, 1.807) is 13.0 Å². The molecule has 168 valence electrons. The standard InChI is InChI=1S/C23H19N3O6S/c1-2-31-22(28)13-25-19-10-8-17(26(29)30)12-20(19)33-23(25)24-21(27)14-32-18-9-7-15-5-3-4-6-16(15)11-18/h3-12H,2,13-14H2,1H3. The summed E-state index contributed by atoms with van der Waals surface area (Å²) in [6, 6.07) is 17.5. The van der Waals surface area contributed by atoms with Crippen LogP contribution in [0.5, 0.6) is 5.75 Å². The SMILES string of the molecule is CCOC(=O)Cn1c(=NC(=O)COc2ccc3ccccc3c2)sc2cc([N+](=O)[O-])ccc21. The largest absolute Gasteiger partial charge is 0.484 e. The summed E-state index contributed by atoms with van der Waals surface area (Å²) in [7, 11) is 0. The summed E-state index contributed by atoms with van der Waals surface area (Å²) < 4.78 is 12.6. The zero-order valence-electron chi connectivity index (χ0n) is 17.6. The zero-order valence-corrected chi connectivity index (χ0v) is 18.4. The third kappa shape index (κ3) is 5.07. The van der Waals surface area contributed by atoms with E-state index in [4.69, 9.17) is 9.47 Å². The Morgan fingerprint density at radius 1 is 1.09 bits per heavy atom. The van der Waals surface area contributed by atoms with Crippen LogP contribution in [0.15, 0.2) is 65.7 Å². The Morgan fingerprint density at radius 3 is 2.64 bits per heavy atom. The number of esters is 1. The molecule has 1 heterocycles. The molecule has 4 aromatic rings. The van der Waals surface area contributed by atoms with Gasteiger partial charge in [-0.3, -0.25) is 19.7 Å². The van der Waals surface area contributed by atoms with Gasteiger partial charge < -0.3 is 14.0 Å². The molecular weight excluding hydrogens is 446 g/mol. The van der Waals surface area contributed by atoms with E-state index in [-0.39, 0.29) is 30.2 Å². The number of rotatable bonds is 7. The molecule has 0 unspecified atom stereocenters. The van der Waals surface area contributed by atoms with Crippen LogP contribution < -0.4 is 9.54 Å². The van der Waals surface area contributed by atoms with Crippen molar-refractivity contribution in [2.45, 2.75) is 13.5 Å². The summed E-state index contributed by atoms with van der Waals surface area (Å²) in [6.07, 6.45) is 0. The van der Waals surface area contributed by atoms with Gasteiger partial charge in [-0.05, 0) is 35.9 Å². The van der Waals surface area contributed by atoms with E-state index in [0.29, 0.717) is 16.0 Å². The maximum atomic E-state index is 12.5. The fourth-order valence-electron chi connectivity index (χ4n) is 3.29. The first-order valence-corrected chi connectivity index (χ1v) is 10.9. The fraction of sp³-hybridized carbons (Fsp3) is 0.174. The molecule has 0 N–H and O–H groups in total. The Kier molecular flexibility index (Phi) is 6.45. The van der Waals surface area contributed by atoms with Crippen LogP contribution in [0.4, 0.5) is 5.69 Å². The van der Waals surface area contributed by atoms with Gasteiger partial charge in [-0.2, -0.15) is 4.99 Å². The average molecular weight is 465 g/mol. The third-order valence-electron chi connectivity index (χ3n) is 4.77. The Labute approximate surface area is 191 Å². The van der Waals surface area contributed by atoms with Gasteiger partial charge in [0.2, 0.25) is 0 Å². The average Bonchev–Trinajstić information content (AvgIpc) is 3.13. The van der Waals surface area contributed by atoms with Crippen LogP contribution in [0.3, 0.4) is 0 Å². The van der Waals surface area contributed by atoms with Crippen molar-refractivity contribution in [3.63, 3.8) is 0 Å². The van der Waals surface area contributed by atoms with Crippen molar-refractivity contribution in [3.05, 3.63) is 75.6 Å². The highest BCUT2D eigenvalue weighted by molar-refractivity contribution is 7.16. The second kappa shape index (κ2) is 9.61. The Morgan fingerprint density at radius 2 is 1.88 bits per heavy atom. The molecule has 33 heavy (non-hydrogen) atoms. The van der Waals surface area contributed by atoms with Crippen molar-refractivity contribution in [3.8, 4) is 5.75 Å². The molecule has 0 radical (unpaired) electrons. The number of aromatic nitrogens is 1. The van der Waals surface area contributed by atoms with Crippen LogP contribution in [-0.2, 0) is 20.9 Å². The molecule has 1 aromatic heterocycles. The minimum Gasteiger partial charge on any atom is -0.484 e. The van der Waals surface area contributed by atoms with Crippen molar-refractivity contribution in [1.82, 2.24) is 4.57 Å². The van der Waals surface area contributed by atoms with Gasteiger partial charge in [-0.25, -0.2) is 0 Å². The highest BCUT2D eigenvalue weighted by Crippen LogP contribution is 2.24. The first-order valence-electron chi connectivity index (χ1n) is 10.1. The summed E-state index contributed by atoms with van der Waals surface area (Å²) in [5, 5.41) is 13.2. The number of ether oxygens (including phenoxy) is 2. The predicted octanol–water partition coefficient (Wildman–Crippen LogP) is 3.83. The second-order valence-corrected chi connectivity index (χ2v) is 8.00. The van der Waals surface area contributed by atoms with E-state index in [0.717, 1.165) is 22.1 Å². The summed E-state index contributed by atoms with van der Waals surface area (Å²) in [5.41, 5.74) is 0.449. The minimum atomic E-state index is -0.554. The highest BCUT2D eigenvalue weighted by Gasteiger charge is 2.15. The molecule has 0 atom stereocenters. The van der Waals surface area contributed by atoms with Crippen LogP contribution >= 0.6 is 11.3 Å². The lowest BCUT2D eigenvalue weighted by molar-refractivity contribution is -0.384. The first kappa shape index (κ1) is 22.2. The smallest absolute Gasteiger partial charge is 0.326 e.